The Hall–Kier alpha value is -3.64. The standard InChI is InChI=1S/C24H23N3O3/c1-29-24(28)20-9-15(14-30-22-7-3-6-18-12-27-13-21(18)22)8-19(11-20)16-4-2-5-17(10-16)23(25)26/h2-11,27H,12-14H2,1H3,(H3,25,26). The van der Waals surface area contributed by atoms with Crippen LogP contribution in [0.5, 0.6) is 5.75 Å². The van der Waals surface area contributed by atoms with Crippen LogP contribution in [0.25, 0.3) is 11.1 Å². The average molecular weight is 401 g/mol. The summed E-state index contributed by atoms with van der Waals surface area (Å²) in [6.45, 7) is 1.96. The molecule has 30 heavy (non-hydrogen) atoms. The van der Waals surface area contributed by atoms with Gasteiger partial charge in [0.2, 0.25) is 0 Å². The number of nitrogen functional groups attached to an aromatic ring is 1. The smallest absolute Gasteiger partial charge is 0.337 e. The largest absolute Gasteiger partial charge is 0.489 e. The molecule has 0 saturated carbocycles. The van der Waals surface area contributed by atoms with Crippen molar-refractivity contribution in [2.24, 2.45) is 5.73 Å². The number of nitrogens with two attached hydrogens (primary N) is 1. The first-order chi connectivity index (χ1) is 14.5. The van der Waals surface area contributed by atoms with Gasteiger partial charge in [-0.15, -0.1) is 0 Å². The topological polar surface area (TPSA) is 97.4 Å². The highest BCUT2D eigenvalue weighted by Crippen LogP contribution is 2.28. The Labute approximate surface area is 175 Å². The van der Waals surface area contributed by atoms with Crippen LogP contribution in [-0.2, 0) is 24.4 Å². The van der Waals surface area contributed by atoms with Crippen LogP contribution in [0.2, 0.25) is 0 Å². The van der Waals surface area contributed by atoms with E-state index in [-0.39, 0.29) is 5.84 Å². The Bertz CT molecular complexity index is 1120. The number of carbonyl (C=O) groups is 1. The normalized spacial score (nSPS) is 12.3. The summed E-state index contributed by atoms with van der Waals surface area (Å²) in [5, 5.41) is 11.0. The van der Waals surface area contributed by atoms with Crippen LogP contribution in [0.15, 0.2) is 60.7 Å². The fourth-order valence-corrected chi connectivity index (χ4v) is 3.64. The van der Waals surface area contributed by atoms with Crippen molar-refractivity contribution in [2.45, 2.75) is 19.7 Å². The van der Waals surface area contributed by atoms with E-state index >= 15 is 0 Å². The third kappa shape index (κ3) is 4.04. The first-order valence-corrected chi connectivity index (χ1v) is 9.66. The molecule has 3 aromatic carbocycles. The quantitative estimate of drug-likeness (QED) is 0.333. The van der Waals surface area contributed by atoms with Crippen LogP contribution < -0.4 is 15.8 Å². The predicted octanol–water partition coefficient (Wildman–Crippen LogP) is 3.61. The summed E-state index contributed by atoms with van der Waals surface area (Å²) in [6, 6.07) is 19.0. The molecular formula is C24H23N3O3. The molecule has 1 aliphatic heterocycles. The van der Waals surface area contributed by atoms with Crippen molar-refractivity contribution in [2.75, 3.05) is 7.11 Å². The van der Waals surface area contributed by atoms with E-state index in [1.54, 1.807) is 18.2 Å². The summed E-state index contributed by atoms with van der Waals surface area (Å²) in [5.41, 5.74) is 11.7. The Balaban J connectivity index is 1.67. The van der Waals surface area contributed by atoms with Crippen molar-refractivity contribution in [1.82, 2.24) is 5.32 Å². The zero-order valence-corrected chi connectivity index (χ0v) is 16.7. The average Bonchev–Trinajstić information content (AvgIpc) is 3.26. The van der Waals surface area contributed by atoms with Gasteiger partial charge in [0.25, 0.3) is 0 Å². The Kier molecular flexibility index (Phi) is 5.50. The van der Waals surface area contributed by atoms with Gasteiger partial charge in [0.15, 0.2) is 0 Å². The number of nitrogens with one attached hydrogen (secondary N) is 2. The van der Waals surface area contributed by atoms with Crippen LogP contribution in [0.3, 0.4) is 0 Å². The summed E-state index contributed by atoms with van der Waals surface area (Å²) in [5.74, 6) is 0.433. The zero-order chi connectivity index (χ0) is 21.1. The third-order valence-electron chi connectivity index (χ3n) is 5.16. The van der Waals surface area contributed by atoms with Gasteiger partial charge in [-0.2, -0.15) is 0 Å². The molecule has 0 unspecified atom stereocenters. The van der Waals surface area contributed by atoms with Crippen molar-refractivity contribution in [3.63, 3.8) is 0 Å². The lowest BCUT2D eigenvalue weighted by atomic mass is 9.98. The number of benzene rings is 3. The van der Waals surface area contributed by atoms with Gasteiger partial charge in [-0.25, -0.2) is 4.79 Å². The Morgan fingerprint density at radius 3 is 2.63 bits per heavy atom. The number of hydrogen-bond donors (Lipinski definition) is 3. The second-order valence-corrected chi connectivity index (χ2v) is 7.19. The molecule has 0 aliphatic carbocycles. The van der Waals surface area contributed by atoms with Crippen molar-refractivity contribution < 1.29 is 14.3 Å². The lowest BCUT2D eigenvalue weighted by Gasteiger charge is -2.13. The van der Waals surface area contributed by atoms with E-state index in [1.807, 2.05) is 36.4 Å². The molecule has 1 aliphatic rings. The predicted molar refractivity (Wildman–Crippen MR) is 116 cm³/mol. The molecule has 3 aromatic rings. The highest BCUT2D eigenvalue weighted by molar-refractivity contribution is 5.96. The summed E-state index contributed by atoms with van der Waals surface area (Å²) in [4.78, 5) is 12.2. The van der Waals surface area contributed by atoms with E-state index in [0.717, 1.165) is 35.5 Å². The van der Waals surface area contributed by atoms with E-state index in [9.17, 15) is 4.79 Å². The molecule has 0 saturated heterocycles. The van der Waals surface area contributed by atoms with Crippen molar-refractivity contribution in [1.29, 1.82) is 5.41 Å². The number of fused-ring (bicyclic) bond motifs is 1. The van der Waals surface area contributed by atoms with E-state index in [0.29, 0.717) is 17.7 Å². The molecule has 0 radical (unpaired) electrons. The number of rotatable bonds is 6. The van der Waals surface area contributed by atoms with Crippen LogP contribution >= 0.6 is 0 Å². The van der Waals surface area contributed by atoms with Crippen LogP contribution in [0.1, 0.15) is 32.6 Å². The van der Waals surface area contributed by atoms with Gasteiger partial charge < -0.3 is 20.5 Å². The van der Waals surface area contributed by atoms with Crippen molar-refractivity contribution in [3.8, 4) is 16.9 Å². The third-order valence-corrected chi connectivity index (χ3v) is 5.16. The number of esters is 1. The lowest BCUT2D eigenvalue weighted by Crippen LogP contribution is -2.10. The molecule has 1 heterocycles. The molecule has 4 rings (SSSR count). The van der Waals surface area contributed by atoms with Gasteiger partial charge in [0, 0.05) is 24.2 Å². The maximum Gasteiger partial charge on any atom is 0.337 e. The minimum atomic E-state index is -0.411. The van der Waals surface area contributed by atoms with Gasteiger partial charge in [-0.05, 0) is 52.6 Å². The Morgan fingerprint density at radius 2 is 1.83 bits per heavy atom. The molecule has 0 atom stereocenters. The van der Waals surface area contributed by atoms with E-state index < -0.39 is 5.97 Å². The fourth-order valence-electron chi connectivity index (χ4n) is 3.64. The van der Waals surface area contributed by atoms with E-state index in [4.69, 9.17) is 20.6 Å². The van der Waals surface area contributed by atoms with E-state index in [1.165, 1.54) is 18.2 Å². The van der Waals surface area contributed by atoms with Crippen molar-refractivity contribution in [3.05, 3.63) is 88.5 Å². The number of amidine groups is 1. The number of methoxy groups -OCH3 is 1. The first-order valence-electron chi connectivity index (χ1n) is 9.66. The molecule has 0 fully saturated rings. The van der Waals surface area contributed by atoms with Crippen LogP contribution in [0.4, 0.5) is 0 Å². The Morgan fingerprint density at radius 1 is 1.03 bits per heavy atom. The molecule has 0 amide bonds. The monoisotopic (exact) mass is 401 g/mol. The molecule has 0 aromatic heterocycles. The molecule has 0 bridgehead atoms. The minimum Gasteiger partial charge on any atom is -0.489 e. The molecule has 4 N–H and O–H groups in total. The van der Waals surface area contributed by atoms with Gasteiger partial charge >= 0.3 is 5.97 Å². The SMILES string of the molecule is COC(=O)c1cc(COc2cccc3c2CNC3)cc(-c2cccc(C(=N)N)c2)c1. The lowest BCUT2D eigenvalue weighted by molar-refractivity contribution is 0.0600. The second-order valence-electron chi connectivity index (χ2n) is 7.19. The van der Waals surface area contributed by atoms with Gasteiger partial charge in [-0.1, -0.05) is 30.3 Å². The van der Waals surface area contributed by atoms with Crippen LogP contribution in [-0.4, -0.2) is 18.9 Å². The molecule has 0 spiro atoms. The first kappa shape index (κ1) is 19.7. The minimum absolute atomic E-state index is 0.00364. The van der Waals surface area contributed by atoms with Gasteiger partial charge in [0.05, 0.1) is 12.7 Å². The van der Waals surface area contributed by atoms with Crippen LogP contribution in [0, 0.1) is 5.41 Å². The highest BCUT2D eigenvalue weighted by atomic mass is 16.5. The molecule has 152 valence electrons. The van der Waals surface area contributed by atoms with Gasteiger partial charge in [0.1, 0.15) is 18.2 Å². The highest BCUT2D eigenvalue weighted by Gasteiger charge is 2.16. The zero-order valence-electron chi connectivity index (χ0n) is 16.7. The maximum absolute atomic E-state index is 12.2. The summed E-state index contributed by atoms with van der Waals surface area (Å²) >= 11 is 0. The number of ether oxygens (including phenoxy) is 2. The number of carbonyl (C=O) groups excluding carboxylic acids is 1. The molecule has 6 heteroatoms. The number of hydrogen-bond acceptors (Lipinski definition) is 5. The van der Waals surface area contributed by atoms with E-state index in [2.05, 4.69) is 11.4 Å². The summed E-state index contributed by atoms with van der Waals surface area (Å²) in [7, 11) is 1.36. The molecule has 6 nitrogen and oxygen atoms in total. The summed E-state index contributed by atoms with van der Waals surface area (Å²) in [6.07, 6.45) is 0. The second kappa shape index (κ2) is 8.39. The maximum atomic E-state index is 12.2. The van der Waals surface area contributed by atoms with Crippen molar-refractivity contribution >= 4 is 11.8 Å². The summed E-state index contributed by atoms with van der Waals surface area (Å²) < 4.78 is 11.0. The molecular weight excluding hydrogens is 378 g/mol. The van der Waals surface area contributed by atoms with Gasteiger partial charge in [-0.3, -0.25) is 5.41 Å². The fraction of sp³-hybridized carbons (Fsp3) is 0.167.